The van der Waals surface area contributed by atoms with Crippen LogP contribution in [0.1, 0.15) is 11.1 Å². The van der Waals surface area contributed by atoms with Crippen LogP contribution >= 0.6 is 15.9 Å². The van der Waals surface area contributed by atoms with E-state index in [0.717, 1.165) is 5.56 Å². The SMILES string of the molecule is COc1ccc(CN2CNC(O)(C(F)(F)F)c3ccc(Br)cc32)cc1. The van der Waals surface area contributed by atoms with Crippen LogP contribution in [0.2, 0.25) is 0 Å². The van der Waals surface area contributed by atoms with Crippen molar-refractivity contribution in [1.29, 1.82) is 0 Å². The van der Waals surface area contributed by atoms with Crippen LogP contribution in [0.4, 0.5) is 18.9 Å². The lowest BCUT2D eigenvalue weighted by molar-refractivity contribution is -0.281. The first-order valence-electron chi connectivity index (χ1n) is 7.46. The molecule has 0 fully saturated rings. The van der Waals surface area contributed by atoms with Crippen LogP contribution in [0.15, 0.2) is 46.9 Å². The molecule has 0 radical (unpaired) electrons. The van der Waals surface area contributed by atoms with E-state index < -0.39 is 11.9 Å². The maximum absolute atomic E-state index is 13.4. The molecule has 0 saturated carbocycles. The van der Waals surface area contributed by atoms with Gasteiger partial charge in [0.25, 0.3) is 0 Å². The zero-order valence-electron chi connectivity index (χ0n) is 13.3. The summed E-state index contributed by atoms with van der Waals surface area (Å²) in [7, 11) is 1.56. The lowest BCUT2D eigenvalue weighted by Crippen LogP contribution is -2.60. The topological polar surface area (TPSA) is 44.7 Å². The average molecular weight is 417 g/mol. The Kier molecular flexibility index (Phi) is 4.70. The van der Waals surface area contributed by atoms with Crippen LogP contribution in [0.5, 0.6) is 5.75 Å². The molecular weight excluding hydrogens is 401 g/mol. The second-order valence-corrected chi connectivity index (χ2v) is 6.67. The summed E-state index contributed by atoms with van der Waals surface area (Å²) in [5.41, 5.74) is -2.06. The zero-order valence-corrected chi connectivity index (χ0v) is 14.9. The van der Waals surface area contributed by atoms with Gasteiger partial charge in [-0.3, -0.25) is 5.32 Å². The molecule has 0 aliphatic carbocycles. The van der Waals surface area contributed by atoms with Gasteiger partial charge in [0.15, 0.2) is 0 Å². The van der Waals surface area contributed by atoms with E-state index in [1.165, 1.54) is 12.1 Å². The number of ether oxygens (including phenoxy) is 1. The Balaban J connectivity index is 1.96. The summed E-state index contributed by atoms with van der Waals surface area (Å²) in [6.07, 6.45) is -4.83. The number of methoxy groups -OCH3 is 1. The third-order valence-corrected chi connectivity index (χ3v) is 4.65. The number of hydrogen-bond acceptors (Lipinski definition) is 4. The molecule has 25 heavy (non-hydrogen) atoms. The maximum atomic E-state index is 13.4. The number of nitrogens with one attached hydrogen (secondary N) is 1. The molecule has 1 unspecified atom stereocenters. The van der Waals surface area contributed by atoms with Gasteiger partial charge in [0, 0.05) is 22.3 Å². The van der Waals surface area contributed by atoms with Crippen molar-refractivity contribution in [3.05, 3.63) is 58.1 Å². The predicted octanol–water partition coefficient (Wildman–Crippen LogP) is 3.73. The Bertz CT molecular complexity index is 767. The monoisotopic (exact) mass is 416 g/mol. The molecule has 1 heterocycles. The predicted molar refractivity (Wildman–Crippen MR) is 91.3 cm³/mol. The van der Waals surface area contributed by atoms with Crippen molar-refractivity contribution in [2.75, 3.05) is 18.7 Å². The van der Waals surface area contributed by atoms with Gasteiger partial charge in [-0.2, -0.15) is 13.2 Å². The summed E-state index contributed by atoms with van der Waals surface area (Å²) in [5.74, 6) is 0.704. The Morgan fingerprint density at radius 3 is 2.52 bits per heavy atom. The minimum atomic E-state index is -4.83. The quantitative estimate of drug-likeness (QED) is 0.799. The fourth-order valence-corrected chi connectivity index (χ4v) is 3.16. The summed E-state index contributed by atoms with van der Waals surface area (Å²) in [6.45, 7) is 0.236. The largest absolute Gasteiger partial charge is 0.497 e. The molecule has 2 N–H and O–H groups in total. The van der Waals surface area contributed by atoms with Crippen LogP contribution in [0.3, 0.4) is 0 Å². The van der Waals surface area contributed by atoms with Crippen LogP contribution in [0.25, 0.3) is 0 Å². The summed E-state index contributed by atoms with van der Waals surface area (Å²) >= 11 is 3.28. The fraction of sp³-hybridized carbons (Fsp3) is 0.294. The summed E-state index contributed by atoms with van der Waals surface area (Å²) in [5, 5.41) is 12.4. The van der Waals surface area contributed by atoms with Crippen molar-refractivity contribution in [3.8, 4) is 5.75 Å². The zero-order chi connectivity index (χ0) is 18.2. The van der Waals surface area contributed by atoms with E-state index in [2.05, 4.69) is 21.2 Å². The van der Waals surface area contributed by atoms with Gasteiger partial charge < -0.3 is 14.7 Å². The summed E-state index contributed by atoms with van der Waals surface area (Å²) in [6, 6.07) is 11.6. The summed E-state index contributed by atoms with van der Waals surface area (Å²) in [4.78, 5) is 1.74. The van der Waals surface area contributed by atoms with Gasteiger partial charge in [-0.1, -0.05) is 34.1 Å². The number of nitrogens with zero attached hydrogens (tertiary/aromatic N) is 1. The molecule has 1 atom stereocenters. The van der Waals surface area contributed by atoms with E-state index in [9.17, 15) is 18.3 Å². The van der Waals surface area contributed by atoms with Crippen molar-refractivity contribution >= 4 is 21.6 Å². The van der Waals surface area contributed by atoms with Crippen LogP contribution in [-0.2, 0) is 12.3 Å². The number of fused-ring (bicyclic) bond motifs is 1. The normalized spacial score (nSPS) is 20.3. The van der Waals surface area contributed by atoms with E-state index in [-0.39, 0.29) is 12.2 Å². The van der Waals surface area contributed by atoms with Gasteiger partial charge in [0.05, 0.1) is 13.8 Å². The minimum absolute atomic E-state index is 0.147. The molecule has 1 aliphatic rings. The first-order chi connectivity index (χ1) is 11.7. The van der Waals surface area contributed by atoms with Crippen molar-refractivity contribution < 1.29 is 23.0 Å². The van der Waals surface area contributed by atoms with E-state index in [4.69, 9.17) is 4.74 Å². The van der Waals surface area contributed by atoms with Gasteiger partial charge in [-0.15, -0.1) is 0 Å². The van der Waals surface area contributed by atoms with Gasteiger partial charge in [0.2, 0.25) is 5.72 Å². The van der Waals surface area contributed by atoms with Gasteiger partial charge in [0.1, 0.15) is 5.75 Å². The average Bonchev–Trinajstić information content (AvgIpc) is 2.57. The Hall–Kier alpha value is -1.77. The molecule has 134 valence electrons. The lowest BCUT2D eigenvalue weighted by atomic mass is 9.97. The molecule has 0 bridgehead atoms. The van der Waals surface area contributed by atoms with Crippen molar-refractivity contribution in [2.24, 2.45) is 0 Å². The number of anilines is 1. The van der Waals surface area contributed by atoms with Crippen molar-refractivity contribution in [3.63, 3.8) is 0 Å². The highest BCUT2D eigenvalue weighted by Gasteiger charge is 2.58. The third kappa shape index (κ3) is 3.33. The number of benzene rings is 2. The number of hydrogen-bond donors (Lipinski definition) is 2. The minimum Gasteiger partial charge on any atom is -0.497 e. The third-order valence-electron chi connectivity index (χ3n) is 4.16. The van der Waals surface area contributed by atoms with Crippen LogP contribution in [-0.4, -0.2) is 25.1 Å². The summed E-state index contributed by atoms with van der Waals surface area (Å²) < 4.78 is 45.9. The Morgan fingerprint density at radius 2 is 1.92 bits per heavy atom. The van der Waals surface area contributed by atoms with Crippen molar-refractivity contribution in [1.82, 2.24) is 5.32 Å². The standard InChI is InChI=1S/C17H16BrF3N2O2/c1-25-13-5-2-11(3-6-13)9-23-10-22-16(24,17(19,20)21)14-7-4-12(18)8-15(14)23/h2-8,22,24H,9-10H2,1H3. The second-order valence-electron chi connectivity index (χ2n) is 5.75. The fourth-order valence-electron chi connectivity index (χ4n) is 2.81. The molecule has 3 rings (SSSR count). The number of alkyl halides is 3. The van der Waals surface area contributed by atoms with E-state index in [1.807, 2.05) is 12.1 Å². The smallest absolute Gasteiger partial charge is 0.435 e. The highest BCUT2D eigenvalue weighted by atomic mass is 79.9. The molecule has 0 saturated heterocycles. The number of halogens is 4. The lowest BCUT2D eigenvalue weighted by Gasteiger charge is -2.42. The molecule has 1 aliphatic heterocycles. The molecular formula is C17H16BrF3N2O2. The van der Waals surface area contributed by atoms with Gasteiger partial charge in [-0.25, -0.2) is 0 Å². The first kappa shape index (κ1) is 18.0. The van der Waals surface area contributed by atoms with Crippen molar-refractivity contribution in [2.45, 2.75) is 18.4 Å². The number of aliphatic hydroxyl groups is 1. The van der Waals surface area contributed by atoms with Crippen LogP contribution in [0, 0.1) is 0 Å². The molecule has 0 aromatic heterocycles. The van der Waals surface area contributed by atoms with Gasteiger partial charge >= 0.3 is 6.18 Å². The Morgan fingerprint density at radius 1 is 1.24 bits per heavy atom. The Labute approximate surface area is 151 Å². The van der Waals surface area contributed by atoms with Gasteiger partial charge in [-0.05, 0) is 29.8 Å². The molecule has 2 aromatic carbocycles. The number of rotatable bonds is 3. The highest BCUT2D eigenvalue weighted by molar-refractivity contribution is 9.10. The molecule has 8 heteroatoms. The molecule has 2 aromatic rings. The first-order valence-corrected chi connectivity index (χ1v) is 8.26. The molecule has 4 nitrogen and oxygen atoms in total. The molecule has 0 amide bonds. The maximum Gasteiger partial charge on any atom is 0.435 e. The second kappa shape index (κ2) is 6.51. The van der Waals surface area contributed by atoms with E-state index in [1.54, 1.807) is 30.2 Å². The van der Waals surface area contributed by atoms with E-state index in [0.29, 0.717) is 22.5 Å². The molecule has 0 spiro atoms. The van der Waals surface area contributed by atoms with Crippen LogP contribution < -0.4 is 15.0 Å². The highest BCUT2D eigenvalue weighted by Crippen LogP contribution is 2.44. The van der Waals surface area contributed by atoms with E-state index >= 15 is 0 Å².